The van der Waals surface area contributed by atoms with Crippen LogP contribution in [0.15, 0.2) is 28.7 Å². The summed E-state index contributed by atoms with van der Waals surface area (Å²) in [6, 6.07) is 7.74. The van der Waals surface area contributed by atoms with Crippen molar-refractivity contribution in [2.24, 2.45) is 0 Å². The lowest BCUT2D eigenvalue weighted by Gasteiger charge is -2.34. The summed E-state index contributed by atoms with van der Waals surface area (Å²) in [4.78, 5) is 20.9. The van der Waals surface area contributed by atoms with Gasteiger partial charge in [-0.15, -0.1) is 0 Å². The molecule has 1 aliphatic heterocycles. The maximum Gasteiger partial charge on any atom is 0.222 e. The van der Waals surface area contributed by atoms with Crippen LogP contribution in [0.4, 0.5) is 0 Å². The topological polar surface area (TPSA) is 74.3 Å². The molecule has 0 radical (unpaired) electrons. The second kappa shape index (κ2) is 9.14. The van der Waals surface area contributed by atoms with Crippen LogP contribution < -0.4 is 4.74 Å². The summed E-state index contributed by atoms with van der Waals surface area (Å²) in [5.41, 5.74) is 0. The van der Waals surface area contributed by atoms with E-state index in [2.05, 4.69) is 36.0 Å². The van der Waals surface area contributed by atoms with E-state index in [1.807, 2.05) is 36.1 Å². The van der Waals surface area contributed by atoms with Gasteiger partial charge in [0, 0.05) is 37.1 Å². The van der Waals surface area contributed by atoms with E-state index in [1.54, 1.807) is 0 Å². The highest BCUT2D eigenvalue weighted by Gasteiger charge is 2.21. The Morgan fingerprint density at radius 1 is 1.31 bits per heavy atom. The minimum Gasteiger partial charge on any atom is -0.494 e. The summed E-state index contributed by atoms with van der Waals surface area (Å²) in [6.45, 7) is 6.40. The summed E-state index contributed by atoms with van der Waals surface area (Å²) in [6.07, 6.45) is 1.25. The number of rotatable bonds is 7. The first-order chi connectivity index (χ1) is 12.6. The number of H-pyrrole nitrogens is 1. The monoisotopic (exact) mass is 421 g/mol. The maximum absolute atomic E-state index is 12.3. The molecule has 0 saturated carbocycles. The van der Waals surface area contributed by atoms with E-state index in [0.717, 1.165) is 61.0 Å². The van der Waals surface area contributed by atoms with E-state index in [-0.39, 0.29) is 5.91 Å². The van der Waals surface area contributed by atoms with Gasteiger partial charge in [-0.2, -0.15) is 5.10 Å². The molecule has 1 N–H and O–H groups in total. The first-order valence-electron chi connectivity index (χ1n) is 8.86. The zero-order valence-corrected chi connectivity index (χ0v) is 16.5. The Hall–Kier alpha value is -1.93. The number of aromatic amines is 1. The van der Waals surface area contributed by atoms with Crippen LogP contribution in [-0.2, 0) is 11.3 Å². The molecule has 140 valence electrons. The fourth-order valence-electron chi connectivity index (χ4n) is 2.94. The second-order valence-electron chi connectivity index (χ2n) is 6.40. The zero-order chi connectivity index (χ0) is 18.4. The fraction of sp³-hybridized carbons (Fsp3) is 0.500. The first-order valence-corrected chi connectivity index (χ1v) is 9.66. The average Bonchev–Trinajstić information content (AvgIpc) is 3.04. The highest BCUT2D eigenvalue weighted by molar-refractivity contribution is 9.10. The van der Waals surface area contributed by atoms with Crippen LogP contribution in [0.1, 0.15) is 24.5 Å². The molecule has 1 saturated heterocycles. The van der Waals surface area contributed by atoms with Gasteiger partial charge in [0.25, 0.3) is 0 Å². The van der Waals surface area contributed by atoms with Crippen LogP contribution in [0.25, 0.3) is 0 Å². The number of ether oxygens (including phenoxy) is 1. The quantitative estimate of drug-likeness (QED) is 0.694. The second-order valence-corrected chi connectivity index (χ2v) is 7.32. The number of carbonyl (C=O) groups excluding carboxylic acids is 1. The standard InChI is InChI=1S/C18H24BrN5O2/c1-14-20-17(22-21-14)13-23-7-9-24(10-8-23)18(25)6-3-11-26-16-5-2-4-15(19)12-16/h2,4-5,12H,3,6-11,13H2,1H3,(H,20,21,22). The minimum absolute atomic E-state index is 0.205. The molecule has 1 amide bonds. The molecule has 8 heteroatoms. The summed E-state index contributed by atoms with van der Waals surface area (Å²) in [5, 5.41) is 7.03. The van der Waals surface area contributed by atoms with E-state index in [0.29, 0.717) is 13.0 Å². The molecule has 1 aromatic carbocycles. The third kappa shape index (κ3) is 5.54. The van der Waals surface area contributed by atoms with Crippen LogP contribution in [0.2, 0.25) is 0 Å². The van der Waals surface area contributed by atoms with E-state index >= 15 is 0 Å². The molecule has 0 atom stereocenters. The number of aromatic nitrogens is 3. The highest BCUT2D eigenvalue weighted by atomic mass is 79.9. The van der Waals surface area contributed by atoms with Crippen LogP contribution in [0, 0.1) is 6.92 Å². The van der Waals surface area contributed by atoms with Crippen molar-refractivity contribution >= 4 is 21.8 Å². The Morgan fingerprint density at radius 3 is 2.81 bits per heavy atom. The number of benzene rings is 1. The molecule has 26 heavy (non-hydrogen) atoms. The smallest absolute Gasteiger partial charge is 0.222 e. The summed E-state index contributed by atoms with van der Waals surface area (Å²) in [7, 11) is 0. The number of amides is 1. The molecule has 0 spiro atoms. The Morgan fingerprint density at radius 2 is 2.12 bits per heavy atom. The molecule has 1 fully saturated rings. The Bertz CT molecular complexity index is 728. The molecule has 7 nitrogen and oxygen atoms in total. The van der Waals surface area contributed by atoms with Gasteiger partial charge in [-0.05, 0) is 31.5 Å². The van der Waals surface area contributed by atoms with Crippen molar-refractivity contribution < 1.29 is 9.53 Å². The fourth-order valence-corrected chi connectivity index (χ4v) is 3.32. The van der Waals surface area contributed by atoms with Crippen LogP contribution >= 0.6 is 15.9 Å². The normalized spacial score (nSPS) is 15.2. The number of halogens is 1. The minimum atomic E-state index is 0.205. The van der Waals surface area contributed by atoms with Crippen LogP contribution in [-0.4, -0.2) is 63.7 Å². The Balaban J connectivity index is 1.33. The van der Waals surface area contributed by atoms with Crippen molar-refractivity contribution in [2.45, 2.75) is 26.3 Å². The summed E-state index contributed by atoms with van der Waals surface area (Å²) < 4.78 is 6.67. The molecule has 0 bridgehead atoms. The van der Waals surface area contributed by atoms with Gasteiger partial charge in [0.05, 0.1) is 13.2 Å². The summed E-state index contributed by atoms with van der Waals surface area (Å²) >= 11 is 3.42. The third-order valence-electron chi connectivity index (χ3n) is 4.33. The number of hydrogen-bond donors (Lipinski definition) is 1. The molecule has 2 heterocycles. The molecule has 1 aliphatic rings. The van der Waals surface area contributed by atoms with Gasteiger partial charge in [-0.3, -0.25) is 14.8 Å². The van der Waals surface area contributed by atoms with Crippen LogP contribution in [0.3, 0.4) is 0 Å². The van der Waals surface area contributed by atoms with Gasteiger partial charge in [0.2, 0.25) is 5.91 Å². The van der Waals surface area contributed by atoms with Crippen molar-refractivity contribution in [1.29, 1.82) is 0 Å². The average molecular weight is 422 g/mol. The number of carbonyl (C=O) groups is 1. The molecule has 2 aromatic rings. The van der Waals surface area contributed by atoms with E-state index < -0.39 is 0 Å². The number of aryl methyl sites for hydroxylation is 1. The van der Waals surface area contributed by atoms with Crippen molar-refractivity contribution in [3.05, 3.63) is 40.4 Å². The highest BCUT2D eigenvalue weighted by Crippen LogP contribution is 2.18. The van der Waals surface area contributed by atoms with Gasteiger partial charge in [-0.1, -0.05) is 22.0 Å². The Labute approximate surface area is 161 Å². The van der Waals surface area contributed by atoms with Gasteiger partial charge in [0.1, 0.15) is 11.6 Å². The van der Waals surface area contributed by atoms with E-state index in [4.69, 9.17) is 4.74 Å². The van der Waals surface area contributed by atoms with Crippen molar-refractivity contribution in [3.8, 4) is 5.75 Å². The maximum atomic E-state index is 12.3. The molecule has 1 aromatic heterocycles. The number of nitrogens with one attached hydrogen (secondary N) is 1. The van der Waals surface area contributed by atoms with Gasteiger partial charge in [-0.25, -0.2) is 4.98 Å². The number of nitrogens with zero attached hydrogens (tertiary/aromatic N) is 4. The lowest BCUT2D eigenvalue weighted by Crippen LogP contribution is -2.48. The number of piperazine rings is 1. The molecular weight excluding hydrogens is 398 g/mol. The lowest BCUT2D eigenvalue weighted by molar-refractivity contribution is -0.133. The zero-order valence-electron chi connectivity index (χ0n) is 14.9. The Kier molecular flexibility index (Phi) is 6.62. The van der Waals surface area contributed by atoms with Gasteiger partial charge in [0.15, 0.2) is 5.82 Å². The van der Waals surface area contributed by atoms with E-state index in [9.17, 15) is 4.79 Å². The predicted octanol–water partition coefficient (Wildman–Crippen LogP) is 2.38. The SMILES string of the molecule is Cc1nc(CN2CCN(C(=O)CCCOc3cccc(Br)c3)CC2)n[nH]1. The molecule has 0 unspecified atom stereocenters. The largest absolute Gasteiger partial charge is 0.494 e. The van der Waals surface area contributed by atoms with Crippen molar-refractivity contribution in [2.75, 3.05) is 32.8 Å². The van der Waals surface area contributed by atoms with Gasteiger partial charge < -0.3 is 9.64 Å². The molecular formula is C18H24BrN5O2. The lowest BCUT2D eigenvalue weighted by atomic mass is 10.2. The third-order valence-corrected chi connectivity index (χ3v) is 4.83. The predicted molar refractivity (Wildman–Crippen MR) is 102 cm³/mol. The molecule has 3 rings (SSSR count). The van der Waals surface area contributed by atoms with Crippen LogP contribution in [0.5, 0.6) is 5.75 Å². The summed E-state index contributed by atoms with van der Waals surface area (Å²) in [5.74, 6) is 2.67. The van der Waals surface area contributed by atoms with Crippen molar-refractivity contribution in [3.63, 3.8) is 0 Å². The van der Waals surface area contributed by atoms with Gasteiger partial charge >= 0.3 is 0 Å². The van der Waals surface area contributed by atoms with Crippen molar-refractivity contribution in [1.82, 2.24) is 25.0 Å². The molecule has 0 aliphatic carbocycles. The number of hydrogen-bond acceptors (Lipinski definition) is 5. The van der Waals surface area contributed by atoms with E-state index in [1.165, 1.54) is 0 Å². The first kappa shape index (κ1) is 18.8.